The molecule has 1 unspecified atom stereocenters. The second-order valence-corrected chi connectivity index (χ2v) is 4.09. The summed E-state index contributed by atoms with van der Waals surface area (Å²) < 4.78 is 0. The zero-order valence-electron chi connectivity index (χ0n) is 9.86. The molecule has 0 saturated carbocycles. The molecule has 1 N–H and O–H groups in total. The van der Waals surface area contributed by atoms with Gasteiger partial charge in [-0.05, 0) is 30.9 Å². The van der Waals surface area contributed by atoms with Crippen molar-refractivity contribution in [2.45, 2.75) is 39.5 Å². The van der Waals surface area contributed by atoms with E-state index in [2.05, 4.69) is 6.92 Å². The normalized spacial score (nSPS) is 12.4. The Hall–Kier alpha value is -1.58. The van der Waals surface area contributed by atoms with Crippen molar-refractivity contribution in [2.24, 2.45) is 0 Å². The van der Waals surface area contributed by atoms with E-state index in [9.17, 15) is 15.2 Å². The summed E-state index contributed by atoms with van der Waals surface area (Å²) in [4.78, 5) is 10.3. The Balaban J connectivity index is 3.23. The van der Waals surface area contributed by atoms with E-state index in [1.54, 1.807) is 13.0 Å². The van der Waals surface area contributed by atoms with Crippen LogP contribution in [-0.2, 0) is 0 Å². The number of hydrogen-bond acceptors (Lipinski definition) is 3. The average molecular weight is 223 g/mol. The maximum Gasteiger partial charge on any atom is 0.313 e. The smallest absolute Gasteiger partial charge is 0.313 e. The molecule has 0 amide bonds. The summed E-state index contributed by atoms with van der Waals surface area (Å²) in [6, 6.07) is 3.19. The second kappa shape index (κ2) is 4.96. The van der Waals surface area contributed by atoms with Gasteiger partial charge in [0.15, 0.2) is 5.75 Å². The van der Waals surface area contributed by atoms with Crippen molar-refractivity contribution >= 4 is 5.69 Å². The Kier molecular flexibility index (Phi) is 3.88. The molecule has 0 aromatic heterocycles. The van der Waals surface area contributed by atoms with Crippen molar-refractivity contribution < 1.29 is 10.0 Å². The summed E-state index contributed by atoms with van der Waals surface area (Å²) in [6.45, 7) is 5.83. The molecule has 1 rings (SSSR count). The highest BCUT2D eigenvalue weighted by Crippen LogP contribution is 2.35. The Morgan fingerprint density at radius 1 is 1.50 bits per heavy atom. The molecule has 0 saturated heterocycles. The summed E-state index contributed by atoms with van der Waals surface area (Å²) >= 11 is 0. The number of nitrogens with zero attached hydrogens (tertiary/aromatic N) is 1. The minimum Gasteiger partial charge on any atom is -0.502 e. The van der Waals surface area contributed by atoms with E-state index in [4.69, 9.17) is 0 Å². The molecule has 0 heterocycles. The highest BCUT2D eigenvalue weighted by atomic mass is 16.6. The van der Waals surface area contributed by atoms with Gasteiger partial charge in [-0.2, -0.15) is 0 Å². The van der Waals surface area contributed by atoms with E-state index in [0.29, 0.717) is 5.56 Å². The first kappa shape index (κ1) is 12.5. The van der Waals surface area contributed by atoms with Crippen LogP contribution in [0.3, 0.4) is 0 Å². The van der Waals surface area contributed by atoms with Gasteiger partial charge < -0.3 is 5.11 Å². The molecule has 1 atom stereocenters. The van der Waals surface area contributed by atoms with Gasteiger partial charge in [0.1, 0.15) is 0 Å². The van der Waals surface area contributed by atoms with Crippen LogP contribution < -0.4 is 0 Å². The van der Waals surface area contributed by atoms with Gasteiger partial charge >= 0.3 is 5.69 Å². The van der Waals surface area contributed by atoms with Crippen molar-refractivity contribution in [3.05, 3.63) is 33.4 Å². The van der Waals surface area contributed by atoms with Crippen LogP contribution in [0, 0.1) is 17.0 Å². The summed E-state index contributed by atoms with van der Waals surface area (Å²) in [5, 5.41) is 20.3. The van der Waals surface area contributed by atoms with Crippen LogP contribution in [0.2, 0.25) is 0 Å². The fourth-order valence-electron chi connectivity index (χ4n) is 2.05. The zero-order valence-corrected chi connectivity index (χ0v) is 9.86. The highest BCUT2D eigenvalue weighted by molar-refractivity contribution is 5.55. The monoisotopic (exact) mass is 223 g/mol. The second-order valence-electron chi connectivity index (χ2n) is 4.09. The lowest BCUT2D eigenvalue weighted by atomic mass is 9.92. The molecule has 1 aromatic carbocycles. The number of rotatable bonds is 4. The topological polar surface area (TPSA) is 63.4 Å². The molecule has 1 aromatic rings. The first-order chi connectivity index (χ1) is 7.49. The number of aromatic hydroxyl groups is 1. The quantitative estimate of drug-likeness (QED) is 0.627. The van der Waals surface area contributed by atoms with E-state index in [1.807, 2.05) is 6.92 Å². The number of phenols is 1. The Bertz CT molecular complexity index is 401. The van der Waals surface area contributed by atoms with Gasteiger partial charge in [-0.25, -0.2) is 0 Å². The molecular weight excluding hydrogens is 206 g/mol. The fourth-order valence-corrected chi connectivity index (χ4v) is 2.05. The van der Waals surface area contributed by atoms with Crippen molar-refractivity contribution in [1.82, 2.24) is 0 Å². The van der Waals surface area contributed by atoms with Gasteiger partial charge in [-0.15, -0.1) is 0 Å². The molecule has 4 nitrogen and oxygen atoms in total. The van der Waals surface area contributed by atoms with Gasteiger partial charge in [0.25, 0.3) is 0 Å². The zero-order chi connectivity index (χ0) is 12.3. The van der Waals surface area contributed by atoms with Gasteiger partial charge in [0.2, 0.25) is 0 Å². The van der Waals surface area contributed by atoms with Crippen molar-refractivity contribution in [1.29, 1.82) is 0 Å². The van der Waals surface area contributed by atoms with E-state index < -0.39 is 4.92 Å². The van der Waals surface area contributed by atoms with Gasteiger partial charge in [-0.1, -0.05) is 26.3 Å². The van der Waals surface area contributed by atoms with Crippen LogP contribution in [0.5, 0.6) is 5.75 Å². The lowest BCUT2D eigenvalue weighted by molar-refractivity contribution is -0.386. The molecule has 4 heteroatoms. The van der Waals surface area contributed by atoms with Gasteiger partial charge in [0.05, 0.1) is 4.92 Å². The highest BCUT2D eigenvalue weighted by Gasteiger charge is 2.21. The molecule has 16 heavy (non-hydrogen) atoms. The molecule has 0 aliphatic carbocycles. The average Bonchev–Trinajstić information content (AvgIpc) is 2.17. The Labute approximate surface area is 95.1 Å². The number of nitro groups is 1. The maximum atomic E-state index is 10.8. The van der Waals surface area contributed by atoms with Crippen LogP contribution in [-0.4, -0.2) is 10.0 Å². The van der Waals surface area contributed by atoms with Crippen molar-refractivity contribution in [3.63, 3.8) is 0 Å². The molecular formula is C12H17NO3. The summed E-state index contributed by atoms with van der Waals surface area (Å²) in [6.07, 6.45) is 2.03. The van der Waals surface area contributed by atoms with E-state index >= 15 is 0 Å². The lowest BCUT2D eigenvalue weighted by Crippen LogP contribution is -2.00. The molecule has 88 valence electrons. The van der Waals surface area contributed by atoms with E-state index in [1.165, 1.54) is 6.07 Å². The third-order valence-corrected chi connectivity index (χ3v) is 2.89. The Morgan fingerprint density at radius 3 is 2.62 bits per heavy atom. The molecule has 0 spiro atoms. The largest absolute Gasteiger partial charge is 0.502 e. The van der Waals surface area contributed by atoms with E-state index in [-0.39, 0.29) is 17.4 Å². The number of phenolic OH excluding ortho intramolecular Hbond substituents is 1. The summed E-state index contributed by atoms with van der Waals surface area (Å²) in [5.41, 5.74) is 1.36. The molecule has 0 aliphatic heterocycles. The van der Waals surface area contributed by atoms with Crippen molar-refractivity contribution in [3.8, 4) is 5.75 Å². The minimum absolute atomic E-state index is 0.166. The third-order valence-electron chi connectivity index (χ3n) is 2.89. The molecule has 0 bridgehead atoms. The fraction of sp³-hybridized carbons (Fsp3) is 0.500. The van der Waals surface area contributed by atoms with Crippen LogP contribution in [0.4, 0.5) is 5.69 Å². The first-order valence-electron chi connectivity index (χ1n) is 5.45. The van der Waals surface area contributed by atoms with Crippen LogP contribution >= 0.6 is 0 Å². The van der Waals surface area contributed by atoms with Crippen LogP contribution in [0.1, 0.15) is 43.7 Å². The first-order valence-corrected chi connectivity index (χ1v) is 5.45. The predicted octanol–water partition coefficient (Wildman–Crippen LogP) is 3.51. The lowest BCUT2D eigenvalue weighted by Gasteiger charge is -2.14. The summed E-state index contributed by atoms with van der Waals surface area (Å²) in [7, 11) is 0. The maximum absolute atomic E-state index is 10.8. The third kappa shape index (κ3) is 2.32. The molecule has 0 fully saturated rings. The molecule has 0 aliphatic rings. The standard InChI is InChI=1S/C12H17NO3/c1-4-5-8(2)10-6-7-11(14)12(9(10)3)13(15)16/h6-8,14H,4-5H2,1-3H3. The van der Waals surface area contributed by atoms with Crippen molar-refractivity contribution in [2.75, 3.05) is 0 Å². The number of nitro benzene ring substituents is 1. The summed E-state index contributed by atoms with van der Waals surface area (Å²) in [5.74, 6) is 0.0271. The number of hydrogen-bond donors (Lipinski definition) is 1. The number of benzene rings is 1. The van der Waals surface area contributed by atoms with Crippen LogP contribution in [0.15, 0.2) is 12.1 Å². The molecule has 0 radical (unpaired) electrons. The predicted molar refractivity (Wildman–Crippen MR) is 62.8 cm³/mol. The van der Waals surface area contributed by atoms with E-state index in [0.717, 1.165) is 18.4 Å². The van der Waals surface area contributed by atoms with Gasteiger partial charge in [-0.3, -0.25) is 10.1 Å². The Morgan fingerprint density at radius 2 is 2.12 bits per heavy atom. The van der Waals surface area contributed by atoms with Gasteiger partial charge in [0, 0.05) is 5.56 Å². The minimum atomic E-state index is -0.521. The van der Waals surface area contributed by atoms with Crippen LogP contribution in [0.25, 0.3) is 0 Å². The SMILES string of the molecule is CCCC(C)c1ccc(O)c([N+](=O)[O-])c1C.